The van der Waals surface area contributed by atoms with Crippen molar-refractivity contribution in [2.45, 2.75) is 19.3 Å². The van der Waals surface area contributed by atoms with E-state index in [9.17, 15) is 9.18 Å². The first-order chi connectivity index (χ1) is 12.7. The van der Waals surface area contributed by atoms with Gasteiger partial charge in [0.05, 0.1) is 12.3 Å². The molecule has 0 saturated carbocycles. The fourth-order valence-corrected chi connectivity index (χ4v) is 4.53. The summed E-state index contributed by atoms with van der Waals surface area (Å²) < 4.78 is 19.0. The molecule has 1 aliphatic rings. The molecule has 0 spiro atoms. The topological polar surface area (TPSA) is 38.3 Å². The second-order valence-electron chi connectivity index (χ2n) is 6.17. The molecule has 1 aliphatic heterocycles. The van der Waals surface area contributed by atoms with Crippen molar-refractivity contribution in [1.82, 2.24) is 0 Å². The number of nitrogens with one attached hydrogen (secondary N) is 1. The molecule has 2 heterocycles. The summed E-state index contributed by atoms with van der Waals surface area (Å²) in [6.45, 7) is 2.53. The lowest BCUT2D eigenvalue weighted by atomic mass is 9.88. The highest BCUT2D eigenvalue weighted by atomic mass is 32.1. The van der Waals surface area contributed by atoms with Gasteiger partial charge in [0, 0.05) is 33.7 Å². The molecule has 1 atom stereocenters. The molecule has 1 amide bonds. The molecule has 2 aromatic carbocycles. The summed E-state index contributed by atoms with van der Waals surface area (Å²) in [6, 6.07) is 14.2. The summed E-state index contributed by atoms with van der Waals surface area (Å²) in [5.74, 6) is 0.485. The Hall–Kier alpha value is -2.66. The minimum absolute atomic E-state index is 0.0180. The van der Waals surface area contributed by atoms with Gasteiger partial charge in [0.25, 0.3) is 0 Å². The summed E-state index contributed by atoms with van der Waals surface area (Å²) in [7, 11) is 0. The van der Waals surface area contributed by atoms with Gasteiger partial charge < -0.3 is 10.1 Å². The van der Waals surface area contributed by atoms with E-state index in [1.807, 2.05) is 36.6 Å². The number of fused-ring (bicyclic) bond motifs is 1. The second kappa shape index (κ2) is 6.92. The van der Waals surface area contributed by atoms with Crippen LogP contribution in [-0.4, -0.2) is 12.5 Å². The molecule has 0 aliphatic carbocycles. The average molecular weight is 367 g/mol. The summed E-state index contributed by atoms with van der Waals surface area (Å²) >= 11 is 1.62. The molecule has 0 saturated heterocycles. The van der Waals surface area contributed by atoms with Crippen LogP contribution < -0.4 is 10.1 Å². The number of ether oxygens (including phenoxy) is 1. The highest BCUT2D eigenvalue weighted by molar-refractivity contribution is 7.11. The molecule has 1 N–H and O–H groups in total. The van der Waals surface area contributed by atoms with E-state index in [0.29, 0.717) is 13.0 Å². The number of anilines is 1. The summed E-state index contributed by atoms with van der Waals surface area (Å²) in [6.07, 6.45) is 0.389. The van der Waals surface area contributed by atoms with E-state index in [1.165, 1.54) is 12.1 Å². The van der Waals surface area contributed by atoms with Gasteiger partial charge in [-0.3, -0.25) is 4.79 Å². The van der Waals surface area contributed by atoms with Crippen LogP contribution in [0.15, 0.2) is 53.9 Å². The maximum Gasteiger partial charge on any atom is 0.225 e. The van der Waals surface area contributed by atoms with Crippen LogP contribution in [0.5, 0.6) is 5.75 Å². The van der Waals surface area contributed by atoms with Crippen LogP contribution in [0.4, 0.5) is 10.1 Å². The SMILES string of the molecule is CCOc1ccccc1C1CC(=O)Nc2c(-c3ccc(F)cc3)csc21. The van der Waals surface area contributed by atoms with Crippen LogP contribution in [0.25, 0.3) is 11.1 Å². The summed E-state index contributed by atoms with van der Waals surface area (Å²) in [5, 5.41) is 5.04. The highest BCUT2D eigenvalue weighted by Gasteiger charge is 2.32. The van der Waals surface area contributed by atoms with Gasteiger partial charge in [-0.2, -0.15) is 0 Å². The molecule has 3 aromatic rings. The maximum absolute atomic E-state index is 13.2. The van der Waals surface area contributed by atoms with Crippen molar-refractivity contribution in [1.29, 1.82) is 0 Å². The smallest absolute Gasteiger partial charge is 0.225 e. The Morgan fingerprint density at radius 3 is 2.73 bits per heavy atom. The second-order valence-corrected chi connectivity index (χ2v) is 7.08. The molecule has 0 fully saturated rings. The number of amides is 1. The summed E-state index contributed by atoms with van der Waals surface area (Å²) in [4.78, 5) is 13.5. The Bertz CT molecular complexity index is 949. The fraction of sp³-hybridized carbons (Fsp3) is 0.190. The number of carbonyl (C=O) groups excluding carboxylic acids is 1. The van der Waals surface area contributed by atoms with Crippen molar-refractivity contribution in [3.8, 4) is 16.9 Å². The first-order valence-electron chi connectivity index (χ1n) is 8.56. The molecule has 3 nitrogen and oxygen atoms in total. The number of halogens is 1. The van der Waals surface area contributed by atoms with Crippen molar-refractivity contribution < 1.29 is 13.9 Å². The van der Waals surface area contributed by atoms with Gasteiger partial charge in [0.15, 0.2) is 0 Å². The minimum Gasteiger partial charge on any atom is -0.494 e. The van der Waals surface area contributed by atoms with Crippen molar-refractivity contribution in [2.75, 3.05) is 11.9 Å². The van der Waals surface area contributed by atoms with Crippen molar-refractivity contribution in [3.63, 3.8) is 0 Å². The van der Waals surface area contributed by atoms with E-state index in [-0.39, 0.29) is 17.6 Å². The van der Waals surface area contributed by atoms with Gasteiger partial charge in [0.1, 0.15) is 11.6 Å². The molecule has 26 heavy (non-hydrogen) atoms. The van der Waals surface area contributed by atoms with E-state index in [1.54, 1.807) is 23.5 Å². The third-order valence-electron chi connectivity index (χ3n) is 4.54. The van der Waals surface area contributed by atoms with Crippen LogP contribution in [0.2, 0.25) is 0 Å². The zero-order valence-electron chi connectivity index (χ0n) is 14.3. The highest BCUT2D eigenvalue weighted by Crippen LogP contribution is 2.48. The minimum atomic E-state index is -0.273. The molecular formula is C21H18FNO2S. The Kier molecular flexibility index (Phi) is 4.47. The number of hydrogen-bond donors (Lipinski definition) is 1. The molecular weight excluding hydrogens is 349 g/mol. The molecule has 132 valence electrons. The van der Waals surface area contributed by atoms with Crippen LogP contribution in [-0.2, 0) is 4.79 Å². The number of benzene rings is 2. The first kappa shape index (κ1) is 16.8. The number of hydrogen-bond acceptors (Lipinski definition) is 3. The number of rotatable bonds is 4. The molecule has 4 rings (SSSR count). The van der Waals surface area contributed by atoms with Crippen LogP contribution in [0, 0.1) is 5.82 Å². The molecule has 0 radical (unpaired) electrons. The van der Waals surface area contributed by atoms with E-state index in [0.717, 1.165) is 33.0 Å². The number of carbonyl (C=O) groups is 1. The van der Waals surface area contributed by atoms with Gasteiger partial charge in [0.2, 0.25) is 5.91 Å². The zero-order valence-corrected chi connectivity index (χ0v) is 15.1. The standard InChI is InChI=1S/C21H18FNO2S/c1-2-25-18-6-4-3-5-15(18)16-11-19(24)23-20-17(12-26-21(16)20)13-7-9-14(22)10-8-13/h3-10,12,16H,2,11H2,1H3,(H,23,24). The average Bonchev–Trinajstić information content (AvgIpc) is 3.06. The van der Waals surface area contributed by atoms with Crippen LogP contribution in [0.1, 0.15) is 29.7 Å². The Labute approximate surface area is 155 Å². The van der Waals surface area contributed by atoms with E-state index in [4.69, 9.17) is 4.74 Å². The Morgan fingerprint density at radius 1 is 1.19 bits per heavy atom. The quantitative estimate of drug-likeness (QED) is 0.668. The van der Waals surface area contributed by atoms with Crippen molar-refractivity contribution in [2.24, 2.45) is 0 Å². The van der Waals surface area contributed by atoms with Crippen molar-refractivity contribution in [3.05, 3.63) is 70.2 Å². The molecule has 1 aromatic heterocycles. The largest absolute Gasteiger partial charge is 0.494 e. The number of para-hydroxylation sites is 1. The molecule has 5 heteroatoms. The predicted molar refractivity (Wildman–Crippen MR) is 102 cm³/mol. The number of thiophene rings is 1. The molecule has 1 unspecified atom stereocenters. The normalized spacial score (nSPS) is 16.1. The van der Waals surface area contributed by atoms with E-state index < -0.39 is 0 Å². The van der Waals surface area contributed by atoms with Gasteiger partial charge in [-0.25, -0.2) is 4.39 Å². The monoisotopic (exact) mass is 367 g/mol. The van der Waals surface area contributed by atoms with Gasteiger partial charge >= 0.3 is 0 Å². The lowest BCUT2D eigenvalue weighted by molar-refractivity contribution is -0.116. The lowest BCUT2D eigenvalue weighted by Crippen LogP contribution is -2.22. The maximum atomic E-state index is 13.2. The first-order valence-corrected chi connectivity index (χ1v) is 9.44. The van der Waals surface area contributed by atoms with Crippen LogP contribution in [0.3, 0.4) is 0 Å². The Balaban J connectivity index is 1.80. The fourth-order valence-electron chi connectivity index (χ4n) is 3.38. The lowest BCUT2D eigenvalue weighted by Gasteiger charge is -2.25. The zero-order chi connectivity index (χ0) is 18.1. The predicted octanol–water partition coefficient (Wildman–Crippen LogP) is 5.43. The van der Waals surface area contributed by atoms with Gasteiger partial charge in [-0.1, -0.05) is 30.3 Å². The van der Waals surface area contributed by atoms with Gasteiger partial charge in [-0.05, 0) is 30.7 Å². The van der Waals surface area contributed by atoms with E-state index >= 15 is 0 Å². The Morgan fingerprint density at radius 2 is 1.96 bits per heavy atom. The van der Waals surface area contributed by atoms with E-state index in [2.05, 4.69) is 5.32 Å². The van der Waals surface area contributed by atoms with Crippen LogP contribution >= 0.6 is 11.3 Å². The summed E-state index contributed by atoms with van der Waals surface area (Å²) in [5.41, 5.74) is 3.67. The third kappa shape index (κ3) is 2.99. The third-order valence-corrected chi connectivity index (χ3v) is 5.64. The van der Waals surface area contributed by atoms with Crippen molar-refractivity contribution >= 4 is 22.9 Å². The molecule has 0 bridgehead atoms. The van der Waals surface area contributed by atoms with Gasteiger partial charge in [-0.15, -0.1) is 11.3 Å².